The van der Waals surface area contributed by atoms with Crippen LogP contribution in [0.15, 0.2) is 48.6 Å². The van der Waals surface area contributed by atoms with E-state index in [2.05, 4.69) is 49.4 Å². The van der Waals surface area contributed by atoms with Crippen LogP contribution in [0.2, 0.25) is 0 Å². The van der Waals surface area contributed by atoms with Gasteiger partial charge in [0.25, 0.3) is 0 Å². The van der Waals surface area contributed by atoms with E-state index in [4.69, 9.17) is 9.84 Å². The largest absolute Gasteiger partial charge is 0.396 e. The van der Waals surface area contributed by atoms with E-state index in [0.29, 0.717) is 24.0 Å². The molecule has 28 heavy (non-hydrogen) atoms. The molecular weight excluding hydrogens is 348 g/mol. The van der Waals surface area contributed by atoms with Crippen LogP contribution < -0.4 is 0 Å². The van der Waals surface area contributed by atoms with Gasteiger partial charge in [0, 0.05) is 12.5 Å². The molecule has 3 nitrogen and oxygen atoms in total. The summed E-state index contributed by atoms with van der Waals surface area (Å²) in [4.78, 5) is 0. The van der Waals surface area contributed by atoms with Gasteiger partial charge in [-0.2, -0.15) is 0 Å². The van der Waals surface area contributed by atoms with Crippen molar-refractivity contribution in [3.05, 3.63) is 59.7 Å². The Morgan fingerprint density at radius 2 is 1.89 bits per heavy atom. The maximum atomic E-state index is 10.4. The van der Waals surface area contributed by atoms with Gasteiger partial charge in [-0.25, -0.2) is 0 Å². The van der Waals surface area contributed by atoms with Crippen molar-refractivity contribution >= 4 is 0 Å². The number of aliphatic hydroxyl groups excluding tert-OH is 2. The molecule has 0 saturated carbocycles. The molecule has 0 amide bonds. The zero-order chi connectivity index (χ0) is 19.8. The summed E-state index contributed by atoms with van der Waals surface area (Å²) in [6.07, 6.45) is 17.1. The molecule has 0 aliphatic carbocycles. The second kappa shape index (κ2) is 10.9. The van der Waals surface area contributed by atoms with Crippen LogP contribution in [-0.2, 0) is 11.2 Å². The molecule has 2 heterocycles. The Hall–Kier alpha value is -1.42. The van der Waals surface area contributed by atoms with Gasteiger partial charge in [0.2, 0.25) is 0 Å². The lowest BCUT2D eigenvalue weighted by Crippen LogP contribution is -2.25. The molecule has 0 radical (unpaired) electrons. The molecule has 1 aromatic carbocycles. The van der Waals surface area contributed by atoms with Crippen LogP contribution in [0.4, 0.5) is 0 Å². The number of benzene rings is 1. The molecule has 5 atom stereocenters. The molecule has 2 aliphatic rings. The zero-order valence-electron chi connectivity index (χ0n) is 17.2. The highest BCUT2D eigenvalue weighted by atomic mass is 16.5. The normalized spacial score (nSPS) is 28.0. The highest BCUT2D eigenvalue weighted by Crippen LogP contribution is 2.45. The number of unbranched alkanes of at least 4 members (excludes halogenated alkanes) is 2. The molecular formula is C25H36O3. The molecule has 0 aromatic heterocycles. The van der Waals surface area contributed by atoms with Gasteiger partial charge in [0.05, 0.1) is 18.3 Å². The molecule has 3 heteroatoms. The molecule has 2 aliphatic heterocycles. The summed E-state index contributed by atoms with van der Waals surface area (Å²) in [6.45, 7) is 2.38. The van der Waals surface area contributed by atoms with E-state index in [-0.39, 0.29) is 6.61 Å². The fraction of sp³-hybridized carbons (Fsp3) is 0.600. The third-order valence-corrected chi connectivity index (χ3v) is 6.25. The number of aryl methyl sites for hydroxylation is 2. The van der Waals surface area contributed by atoms with Crippen LogP contribution in [0.5, 0.6) is 0 Å². The van der Waals surface area contributed by atoms with Crippen molar-refractivity contribution in [2.24, 2.45) is 11.8 Å². The first-order chi connectivity index (χ1) is 13.7. The quantitative estimate of drug-likeness (QED) is 0.428. The van der Waals surface area contributed by atoms with Crippen molar-refractivity contribution in [3.63, 3.8) is 0 Å². The summed E-state index contributed by atoms with van der Waals surface area (Å²) in [5.41, 5.74) is 2.56. The minimum atomic E-state index is -0.393. The third-order valence-electron chi connectivity index (χ3n) is 6.25. The van der Waals surface area contributed by atoms with Crippen molar-refractivity contribution < 1.29 is 14.9 Å². The molecule has 3 rings (SSSR count). The number of rotatable bonds is 11. The predicted molar refractivity (Wildman–Crippen MR) is 114 cm³/mol. The monoisotopic (exact) mass is 384 g/mol. The Bertz CT molecular complexity index is 634. The Labute approximate surface area is 170 Å². The third kappa shape index (κ3) is 6.04. The minimum Gasteiger partial charge on any atom is -0.396 e. The second-order valence-electron chi connectivity index (χ2n) is 8.43. The Morgan fingerprint density at radius 1 is 1.11 bits per heavy atom. The molecule has 154 valence electrons. The summed E-state index contributed by atoms with van der Waals surface area (Å²) in [7, 11) is 0. The van der Waals surface area contributed by atoms with Crippen molar-refractivity contribution in [2.75, 3.05) is 6.61 Å². The Kier molecular flexibility index (Phi) is 8.32. The topological polar surface area (TPSA) is 49.7 Å². The molecule has 1 aromatic rings. The molecule has 2 bridgehead atoms. The van der Waals surface area contributed by atoms with E-state index in [1.54, 1.807) is 0 Å². The first-order valence-electron chi connectivity index (χ1n) is 11.0. The number of fused-ring (bicyclic) bond motifs is 2. The van der Waals surface area contributed by atoms with Gasteiger partial charge in [-0.15, -0.1) is 0 Å². The lowest BCUT2D eigenvalue weighted by atomic mass is 9.77. The van der Waals surface area contributed by atoms with Crippen LogP contribution in [0.25, 0.3) is 0 Å². The molecule has 2 N–H and O–H groups in total. The maximum Gasteiger partial charge on any atom is 0.0724 e. The zero-order valence-corrected chi connectivity index (χ0v) is 17.2. The Morgan fingerprint density at radius 3 is 2.68 bits per heavy atom. The van der Waals surface area contributed by atoms with Crippen molar-refractivity contribution in [2.45, 2.75) is 76.6 Å². The van der Waals surface area contributed by atoms with Gasteiger partial charge < -0.3 is 14.9 Å². The van der Waals surface area contributed by atoms with E-state index in [0.717, 1.165) is 44.9 Å². The van der Waals surface area contributed by atoms with Crippen molar-refractivity contribution in [3.8, 4) is 0 Å². The van der Waals surface area contributed by atoms with E-state index < -0.39 is 6.10 Å². The van der Waals surface area contributed by atoms with Crippen molar-refractivity contribution in [1.82, 2.24) is 0 Å². The van der Waals surface area contributed by atoms with Gasteiger partial charge in [-0.3, -0.25) is 0 Å². The summed E-state index contributed by atoms with van der Waals surface area (Å²) in [5.74, 6) is 0.961. The fourth-order valence-electron chi connectivity index (χ4n) is 4.55. The first kappa shape index (κ1) is 21.3. The molecule has 2 fully saturated rings. The average molecular weight is 385 g/mol. The maximum absolute atomic E-state index is 10.4. The van der Waals surface area contributed by atoms with E-state index in [1.807, 2.05) is 6.08 Å². The highest BCUT2D eigenvalue weighted by molar-refractivity contribution is 5.21. The van der Waals surface area contributed by atoms with E-state index in [1.165, 1.54) is 17.5 Å². The fourth-order valence-corrected chi connectivity index (χ4v) is 4.55. The number of hydrogen-bond donors (Lipinski definition) is 2. The first-order valence-corrected chi connectivity index (χ1v) is 11.0. The average Bonchev–Trinajstić information content (AvgIpc) is 3.30. The molecule has 0 spiro atoms. The van der Waals surface area contributed by atoms with Crippen LogP contribution in [0, 0.1) is 18.8 Å². The van der Waals surface area contributed by atoms with Crippen LogP contribution in [0.3, 0.4) is 0 Å². The lowest BCUT2D eigenvalue weighted by Gasteiger charge is -2.25. The van der Waals surface area contributed by atoms with Gasteiger partial charge in [-0.05, 0) is 69.8 Å². The predicted octanol–water partition coefficient (Wildman–Crippen LogP) is 4.75. The van der Waals surface area contributed by atoms with Crippen LogP contribution in [0.1, 0.15) is 56.1 Å². The van der Waals surface area contributed by atoms with Gasteiger partial charge in [-0.1, -0.05) is 54.1 Å². The van der Waals surface area contributed by atoms with E-state index in [9.17, 15) is 5.11 Å². The van der Waals surface area contributed by atoms with Gasteiger partial charge in [0.15, 0.2) is 0 Å². The number of allylic oxidation sites excluding steroid dienone is 2. The van der Waals surface area contributed by atoms with E-state index >= 15 is 0 Å². The molecule has 2 saturated heterocycles. The highest BCUT2D eigenvalue weighted by Gasteiger charge is 2.46. The van der Waals surface area contributed by atoms with Crippen molar-refractivity contribution in [1.29, 1.82) is 0 Å². The van der Waals surface area contributed by atoms with Crippen LogP contribution in [-0.4, -0.2) is 35.1 Å². The lowest BCUT2D eigenvalue weighted by molar-refractivity contribution is 0.0899. The second-order valence-corrected chi connectivity index (χ2v) is 8.43. The SMILES string of the molecule is Cc1ccc(CC[C@@H](O)C=CC2[C@@H](CC=CCCCCO)[C@H]3CC[C@H]2O3)cc1. The Balaban J connectivity index is 1.47. The number of ether oxygens (including phenoxy) is 1. The molecule has 1 unspecified atom stereocenters. The number of aliphatic hydroxyl groups is 2. The minimum absolute atomic E-state index is 0.285. The number of hydrogen-bond acceptors (Lipinski definition) is 3. The smallest absolute Gasteiger partial charge is 0.0724 e. The van der Waals surface area contributed by atoms with Gasteiger partial charge >= 0.3 is 0 Å². The van der Waals surface area contributed by atoms with Gasteiger partial charge in [0.1, 0.15) is 0 Å². The van der Waals surface area contributed by atoms with Crippen LogP contribution >= 0.6 is 0 Å². The standard InChI is InChI=1S/C25H36O3/c1-19-8-10-20(11-9-19)12-13-21(27)14-15-23-22(24-16-17-25(23)28-24)7-5-3-2-4-6-18-26/h3,5,8-11,14-15,21-27H,2,4,6-7,12-13,16-18H2,1H3/t21-,22-,23?,24-,25-/m1/s1. The summed E-state index contributed by atoms with van der Waals surface area (Å²) in [5, 5.41) is 19.3. The summed E-state index contributed by atoms with van der Waals surface area (Å²) in [6, 6.07) is 8.56. The summed E-state index contributed by atoms with van der Waals surface area (Å²) < 4.78 is 6.17. The summed E-state index contributed by atoms with van der Waals surface area (Å²) >= 11 is 0.